The van der Waals surface area contributed by atoms with Crippen molar-refractivity contribution in [2.75, 3.05) is 18.2 Å². The Hall–Kier alpha value is -1.00. The minimum Gasteiger partial charge on any atom is -0.466 e. The number of ketones is 1. The molecule has 0 atom stereocenters. The van der Waals surface area contributed by atoms with Crippen LogP contribution in [0.1, 0.15) is 23.7 Å². The van der Waals surface area contributed by atoms with Crippen LogP contribution in [-0.2, 0) is 9.53 Å². The highest BCUT2D eigenvalue weighted by molar-refractivity contribution is 7.99. The largest absolute Gasteiger partial charge is 0.466 e. The van der Waals surface area contributed by atoms with Crippen LogP contribution in [0.4, 0.5) is 0 Å². The standard InChI is InChI=1S/C13H15ClO3S/c1-2-17-13(16)7-8-18-11-5-3-10(4-6-11)12(15)9-14/h3-6H,2,7-9H2,1H3. The average Bonchev–Trinajstić information content (AvgIpc) is 2.39. The first-order chi connectivity index (χ1) is 8.67. The minimum atomic E-state index is -0.182. The van der Waals surface area contributed by atoms with Gasteiger partial charge < -0.3 is 4.74 Å². The second-order valence-corrected chi connectivity index (χ2v) is 4.92. The van der Waals surface area contributed by atoms with Crippen LogP contribution in [0.2, 0.25) is 0 Å². The molecule has 0 aromatic heterocycles. The van der Waals surface area contributed by atoms with Gasteiger partial charge in [-0.15, -0.1) is 23.4 Å². The van der Waals surface area contributed by atoms with Gasteiger partial charge in [0, 0.05) is 16.2 Å². The van der Waals surface area contributed by atoms with Gasteiger partial charge in [-0.2, -0.15) is 0 Å². The molecule has 5 heteroatoms. The Bertz CT molecular complexity index is 403. The molecule has 0 aliphatic rings. The summed E-state index contributed by atoms with van der Waals surface area (Å²) in [5, 5.41) is 0. The van der Waals surface area contributed by atoms with E-state index < -0.39 is 0 Å². The number of Topliss-reactive ketones (excluding diaryl/α,β-unsaturated/α-hetero) is 1. The molecule has 0 amide bonds. The number of rotatable bonds is 7. The molecular formula is C13H15ClO3S. The predicted molar refractivity (Wildman–Crippen MR) is 73.5 cm³/mol. The SMILES string of the molecule is CCOC(=O)CCSc1ccc(C(=O)CCl)cc1. The van der Waals surface area contributed by atoms with Gasteiger partial charge in [0.25, 0.3) is 0 Å². The Morgan fingerprint density at radius 3 is 2.50 bits per heavy atom. The van der Waals surface area contributed by atoms with Crippen molar-refractivity contribution in [2.24, 2.45) is 0 Å². The van der Waals surface area contributed by atoms with E-state index >= 15 is 0 Å². The minimum absolute atomic E-state index is 0.00462. The lowest BCUT2D eigenvalue weighted by molar-refractivity contribution is -0.142. The topological polar surface area (TPSA) is 43.4 Å². The zero-order valence-corrected chi connectivity index (χ0v) is 11.7. The molecule has 0 bridgehead atoms. The number of hydrogen-bond donors (Lipinski definition) is 0. The van der Waals surface area contributed by atoms with E-state index in [1.165, 1.54) is 0 Å². The number of esters is 1. The first kappa shape index (κ1) is 15.1. The molecule has 18 heavy (non-hydrogen) atoms. The monoisotopic (exact) mass is 286 g/mol. The Morgan fingerprint density at radius 1 is 1.28 bits per heavy atom. The van der Waals surface area contributed by atoms with E-state index in [0.717, 1.165) is 4.90 Å². The van der Waals surface area contributed by atoms with Crippen molar-refractivity contribution in [3.8, 4) is 0 Å². The molecule has 0 aliphatic carbocycles. The summed E-state index contributed by atoms with van der Waals surface area (Å²) < 4.78 is 4.83. The second kappa shape index (κ2) is 8.16. The number of alkyl halides is 1. The summed E-state index contributed by atoms with van der Waals surface area (Å²) >= 11 is 7.03. The van der Waals surface area contributed by atoms with Crippen LogP contribution < -0.4 is 0 Å². The van der Waals surface area contributed by atoms with Crippen molar-refractivity contribution in [3.05, 3.63) is 29.8 Å². The maximum Gasteiger partial charge on any atom is 0.306 e. The average molecular weight is 287 g/mol. The van der Waals surface area contributed by atoms with E-state index in [1.54, 1.807) is 30.8 Å². The van der Waals surface area contributed by atoms with Crippen molar-refractivity contribution in [1.82, 2.24) is 0 Å². The van der Waals surface area contributed by atoms with Gasteiger partial charge in [-0.05, 0) is 19.1 Å². The van der Waals surface area contributed by atoms with E-state index in [0.29, 0.717) is 24.3 Å². The van der Waals surface area contributed by atoms with Gasteiger partial charge in [-0.3, -0.25) is 9.59 Å². The van der Waals surface area contributed by atoms with Crippen molar-refractivity contribution in [2.45, 2.75) is 18.2 Å². The van der Waals surface area contributed by atoms with E-state index in [1.807, 2.05) is 12.1 Å². The smallest absolute Gasteiger partial charge is 0.306 e. The summed E-state index contributed by atoms with van der Waals surface area (Å²) in [5.74, 6) is 0.399. The van der Waals surface area contributed by atoms with Crippen molar-refractivity contribution in [3.63, 3.8) is 0 Å². The second-order valence-electron chi connectivity index (χ2n) is 3.48. The van der Waals surface area contributed by atoms with Crippen LogP contribution in [0.5, 0.6) is 0 Å². The first-order valence-corrected chi connectivity index (χ1v) is 7.17. The molecule has 0 heterocycles. The number of carbonyl (C=O) groups is 2. The summed E-state index contributed by atoms with van der Waals surface area (Å²) in [6.07, 6.45) is 0.390. The Labute approximate surface area is 116 Å². The number of ether oxygens (including phenoxy) is 1. The molecule has 0 saturated carbocycles. The van der Waals surface area contributed by atoms with Crippen LogP contribution in [0.3, 0.4) is 0 Å². The molecule has 0 aliphatic heterocycles. The molecule has 3 nitrogen and oxygen atoms in total. The number of hydrogen-bond acceptors (Lipinski definition) is 4. The quantitative estimate of drug-likeness (QED) is 0.334. The van der Waals surface area contributed by atoms with Gasteiger partial charge in [0.15, 0.2) is 5.78 Å². The molecule has 0 unspecified atom stereocenters. The number of benzene rings is 1. The molecule has 0 fully saturated rings. The summed E-state index contributed by atoms with van der Waals surface area (Å²) in [5.41, 5.74) is 0.611. The lowest BCUT2D eigenvalue weighted by Gasteiger charge is -2.03. The van der Waals surface area contributed by atoms with E-state index in [4.69, 9.17) is 16.3 Å². The molecule has 98 valence electrons. The molecular weight excluding hydrogens is 272 g/mol. The summed E-state index contributed by atoms with van der Waals surface area (Å²) in [7, 11) is 0. The van der Waals surface area contributed by atoms with Crippen LogP contribution in [0.15, 0.2) is 29.2 Å². The lowest BCUT2D eigenvalue weighted by Crippen LogP contribution is -2.04. The first-order valence-electron chi connectivity index (χ1n) is 5.65. The third-order valence-corrected chi connectivity index (χ3v) is 3.43. The number of halogens is 1. The Morgan fingerprint density at radius 2 is 1.94 bits per heavy atom. The van der Waals surface area contributed by atoms with Crippen molar-refractivity contribution >= 4 is 35.1 Å². The molecule has 0 saturated heterocycles. The van der Waals surface area contributed by atoms with E-state index in [9.17, 15) is 9.59 Å². The number of carbonyl (C=O) groups excluding carboxylic acids is 2. The molecule has 1 aromatic rings. The Balaban J connectivity index is 2.40. The van der Waals surface area contributed by atoms with Gasteiger partial charge in [-0.25, -0.2) is 0 Å². The summed E-state index contributed by atoms with van der Waals surface area (Å²) in [6.45, 7) is 2.20. The maximum absolute atomic E-state index is 11.3. The summed E-state index contributed by atoms with van der Waals surface area (Å²) in [6, 6.07) is 7.21. The van der Waals surface area contributed by atoms with Crippen LogP contribution >= 0.6 is 23.4 Å². The fraction of sp³-hybridized carbons (Fsp3) is 0.385. The van der Waals surface area contributed by atoms with Crippen LogP contribution in [0.25, 0.3) is 0 Å². The third-order valence-electron chi connectivity index (χ3n) is 2.18. The molecule has 1 aromatic carbocycles. The van der Waals surface area contributed by atoms with Gasteiger partial charge >= 0.3 is 5.97 Å². The highest BCUT2D eigenvalue weighted by Crippen LogP contribution is 2.19. The van der Waals surface area contributed by atoms with Crippen LogP contribution in [-0.4, -0.2) is 30.0 Å². The summed E-state index contributed by atoms with van der Waals surface area (Å²) in [4.78, 5) is 23.4. The molecule has 0 spiro atoms. The van der Waals surface area contributed by atoms with Gasteiger partial charge in [0.1, 0.15) is 0 Å². The van der Waals surface area contributed by atoms with E-state index in [-0.39, 0.29) is 17.6 Å². The van der Waals surface area contributed by atoms with Gasteiger partial charge in [0.05, 0.1) is 18.9 Å². The zero-order chi connectivity index (χ0) is 13.4. The van der Waals surface area contributed by atoms with Gasteiger partial charge in [-0.1, -0.05) is 12.1 Å². The molecule has 0 N–H and O–H groups in total. The maximum atomic E-state index is 11.3. The zero-order valence-electron chi connectivity index (χ0n) is 10.1. The molecule has 1 rings (SSSR count). The van der Waals surface area contributed by atoms with E-state index in [2.05, 4.69) is 0 Å². The predicted octanol–water partition coefficient (Wildman–Crippen LogP) is 3.15. The highest BCUT2D eigenvalue weighted by atomic mass is 35.5. The fourth-order valence-electron chi connectivity index (χ4n) is 1.30. The van der Waals surface area contributed by atoms with Gasteiger partial charge in [0.2, 0.25) is 0 Å². The lowest BCUT2D eigenvalue weighted by atomic mass is 10.1. The third kappa shape index (κ3) is 5.10. The fourth-order valence-corrected chi connectivity index (χ4v) is 2.29. The normalized spacial score (nSPS) is 10.1. The van der Waals surface area contributed by atoms with Crippen molar-refractivity contribution < 1.29 is 14.3 Å². The Kier molecular flexibility index (Phi) is 6.83. The highest BCUT2D eigenvalue weighted by Gasteiger charge is 2.05. The number of thioether (sulfide) groups is 1. The van der Waals surface area contributed by atoms with Crippen molar-refractivity contribution in [1.29, 1.82) is 0 Å². The van der Waals surface area contributed by atoms with Crippen LogP contribution in [0, 0.1) is 0 Å². The molecule has 0 radical (unpaired) electrons.